The first-order chi connectivity index (χ1) is 13.4. The van der Waals surface area contributed by atoms with Gasteiger partial charge in [0.25, 0.3) is 5.69 Å². The van der Waals surface area contributed by atoms with E-state index in [4.69, 9.17) is 0 Å². The SMILES string of the molecule is Cc1nc(S/C(=C/c2ccc(Sc3ccccc3)c([N+](=O)[O-])c2)C(=O)O)n[nH]1. The third kappa shape index (κ3) is 4.99. The van der Waals surface area contributed by atoms with Crippen molar-refractivity contribution in [3.05, 3.63) is 74.9 Å². The predicted octanol–water partition coefficient (Wildman–Crippen LogP) is 4.39. The molecule has 8 nitrogen and oxygen atoms in total. The van der Waals surface area contributed by atoms with Crippen molar-refractivity contribution in [3.8, 4) is 0 Å². The van der Waals surface area contributed by atoms with Crippen LogP contribution in [0.3, 0.4) is 0 Å². The Morgan fingerprint density at radius 1 is 1.25 bits per heavy atom. The van der Waals surface area contributed by atoms with Crippen LogP contribution in [0.1, 0.15) is 11.4 Å². The highest BCUT2D eigenvalue weighted by molar-refractivity contribution is 8.04. The maximum Gasteiger partial charge on any atom is 0.342 e. The first kappa shape index (κ1) is 19.6. The summed E-state index contributed by atoms with van der Waals surface area (Å²) in [5, 5.41) is 27.7. The second kappa shape index (κ2) is 8.72. The molecule has 2 N–H and O–H groups in total. The van der Waals surface area contributed by atoms with Gasteiger partial charge in [-0.15, -0.1) is 5.10 Å². The molecule has 2 aromatic carbocycles. The fraction of sp³-hybridized carbons (Fsp3) is 0.0556. The van der Waals surface area contributed by atoms with Gasteiger partial charge < -0.3 is 5.11 Å². The number of aryl methyl sites for hydroxylation is 1. The van der Waals surface area contributed by atoms with E-state index in [2.05, 4.69) is 15.2 Å². The van der Waals surface area contributed by atoms with E-state index in [1.807, 2.05) is 30.3 Å². The number of carboxylic acid groups (broad SMARTS) is 1. The summed E-state index contributed by atoms with van der Waals surface area (Å²) in [5.41, 5.74) is 0.312. The molecule has 0 atom stereocenters. The molecule has 0 saturated heterocycles. The standard InChI is InChI=1S/C18H14N4O4S2/c1-11-19-18(21-20-11)28-16(17(23)24)10-12-7-8-15(14(9-12)22(25)26)27-13-5-3-2-4-6-13/h2-10H,1H3,(H,23,24)(H,19,20,21)/b16-10+. The Kier molecular flexibility index (Phi) is 6.12. The summed E-state index contributed by atoms with van der Waals surface area (Å²) in [6.07, 6.45) is 1.36. The molecule has 0 aliphatic heterocycles. The zero-order valence-electron chi connectivity index (χ0n) is 14.5. The number of H-pyrrole nitrogens is 1. The maximum atomic E-state index is 11.5. The van der Waals surface area contributed by atoms with Crippen molar-refractivity contribution in [2.24, 2.45) is 0 Å². The number of nitro benzene ring substituents is 1. The van der Waals surface area contributed by atoms with E-state index in [-0.39, 0.29) is 15.7 Å². The molecule has 3 rings (SSSR count). The number of aromatic amines is 1. The normalized spacial score (nSPS) is 11.4. The summed E-state index contributed by atoms with van der Waals surface area (Å²) in [6.45, 7) is 1.70. The van der Waals surface area contributed by atoms with Crippen LogP contribution in [0.2, 0.25) is 0 Å². The molecule has 142 valence electrons. The molecule has 0 amide bonds. The van der Waals surface area contributed by atoms with E-state index in [1.54, 1.807) is 19.1 Å². The highest BCUT2D eigenvalue weighted by Gasteiger charge is 2.17. The summed E-state index contributed by atoms with van der Waals surface area (Å²) in [7, 11) is 0. The van der Waals surface area contributed by atoms with Gasteiger partial charge in [-0.2, -0.15) is 0 Å². The van der Waals surface area contributed by atoms with E-state index < -0.39 is 10.9 Å². The third-order valence-electron chi connectivity index (χ3n) is 3.44. The quantitative estimate of drug-likeness (QED) is 0.253. The number of aromatic nitrogens is 3. The molecule has 1 aromatic heterocycles. The second-order valence-electron chi connectivity index (χ2n) is 5.52. The first-order valence-electron chi connectivity index (χ1n) is 7.95. The molecule has 10 heteroatoms. The van der Waals surface area contributed by atoms with Gasteiger partial charge >= 0.3 is 5.97 Å². The molecule has 0 radical (unpaired) electrons. The lowest BCUT2D eigenvalue weighted by Crippen LogP contribution is -1.98. The van der Waals surface area contributed by atoms with Gasteiger partial charge in [0.2, 0.25) is 5.16 Å². The minimum atomic E-state index is -1.17. The van der Waals surface area contributed by atoms with Gasteiger partial charge in [0, 0.05) is 11.0 Å². The maximum absolute atomic E-state index is 11.5. The minimum absolute atomic E-state index is 0.0447. The molecule has 0 aliphatic rings. The molecule has 0 bridgehead atoms. The van der Waals surface area contributed by atoms with E-state index >= 15 is 0 Å². The summed E-state index contributed by atoms with van der Waals surface area (Å²) in [4.78, 5) is 27.9. The molecule has 0 spiro atoms. The first-order valence-corrected chi connectivity index (χ1v) is 9.59. The average Bonchev–Trinajstić information content (AvgIpc) is 3.08. The lowest BCUT2D eigenvalue weighted by molar-refractivity contribution is -0.387. The van der Waals surface area contributed by atoms with Crippen molar-refractivity contribution in [1.82, 2.24) is 15.2 Å². The van der Waals surface area contributed by atoms with Gasteiger partial charge in [-0.3, -0.25) is 15.2 Å². The number of hydrogen-bond acceptors (Lipinski definition) is 7. The molecule has 0 fully saturated rings. The number of aliphatic carboxylic acids is 1. The van der Waals surface area contributed by atoms with Crippen molar-refractivity contribution in [3.63, 3.8) is 0 Å². The smallest absolute Gasteiger partial charge is 0.342 e. The van der Waals surface area contributed by atoms with Crippen LogP contribution in [-0.4, -0.2) is 31.2 Å². The minimum Gasteiger partial charge on any atom is -0.477 e. The Labute approximate surface area is 168 Å². The molecular weight excluding hydrogens is 400 g/mol. The van der Waals surface area contributed by atoms with Gasteiger partial charge in [-0.05, 0) is 48.5 Å². The second-order valence-corrected chi connectivity index (χ2v) is 7.64. The van der Waals surface area contributed by atoms with Gasteiger partial charge in [0.15, 0.2) is 0 Å². The Morgan fingerprint density at radius 3 is 2.61 bits per heavy atom. The largest absolute Gasteiger partial charge is 0.477 e. The molecule has 1 heterocycles. The number of benzene rings is 2. The Morgan fingerprint density at radius 2 is 2.00 bits per heavy atom. The van der Waals surface area contributed by atoms with Crippen LogP contribution in [0.4, 0.5) is 5.69 Å². The van der Waals surface area contributed by atoms with Crippen LogP contribution in [0.25, 0.3) is 6.08 Å². The van der Waals surface area contributed by atoms with Crippen LogP contribution < -0.4 is 0 Å². The van der Waals surface area contributed by atoms with Crippen molar-refractivity contribution in [2.75, 3.05) is 0 Å². The van der Waals surface area contributed by atoms with Crippen LogP contribution in [0.5, 0.6) is 0 Å². The van der Waals surface area contributed by atoms with Gasteiger partial charge in [-0.1, -0.05) is 36.0 Å². The topological polar surface area (TPSA) is 122 Å². The number of thioether (sulfide) groups is 1. The Hall–Kier alpha value is -3.11. The monoisotopic (exact) mass is 414 g/mol. The van der Waals surface area contributed by atoms with Crippen LogP contribution in [0.15, 0.2) is 68.4 Å². The molecule has 0 aliphatic carbocycles. The molecule has 3 aromatic rings. The lowest BCUT2D eigenvalue weighted by Gasteiger charge is -2.05. The van der Waals surface area contributed by atoms with Crippen LogP contribution in [-0.2, 0) is 4.79 Å². The van der Waals surface area contributed by atoms with Gasteiger partial charge in [0.05, 0.1) is 9.82 Å². The highest BCUT2D eigenvalue weighted by atomic mass is 32.2. The fourth-order valence-corrected chi connectivity index (χ4v) is 3.90. The number of nitro groups is 1. The number of carboxylic acids is 1. The van der Waals surface area contributed by atoms with E-state index in [0.717, 1.165) is 16.7 Å². The van der Waals surface area contributed by atoms with Crippen molar-refractivity contribution in [1.29, 1.82) is 0 Å². The summed E-state index contributed by atoms with van der Waals surface area (Å²) in [6, 6.07) is 13.9. The molecular formula is C18H14N4O4S2. The predicted molar refractivity (Wildman–Crippen MR) is 106 cm³/mol. The molecule has 28 heavy (non-hydrogen) atoms. The number of rotatable bonds is 7. The van der Waals surface area contributed by atoms with E-state index in [1.165, 1.54) is 23.9 Å². The summed E-state index contributed by atoms with van der Waals surface area (Å²) >= 11 is 2.14. The Balaban J connectivity index is 1.92. The van der Waals surface area contributed by atoms with Crippen molar-refractivity contribution < 1.29 is 14.8 Å². The van der Waals surface area contributed by atoms with Crippen molar-refractivity contribution >= 4 is 41.3 Å². The number of carbonyl (C=O) groups is 1. The zero-order chi connectivity index (χ0) is 20.1. The van der Waals surface area contributed by atoms with Gasteiger partial charge in [-0.25, -0.2) is 9.78 Å². The van der Waals surface area contributed by atoms with Crippen molar-refractivity contribution in [2.45, 2.75) is 21.9 Å². The van der Waals surface area contributed by atoms with Gasteiger partial charge in [0.1, 0.15) is 10.7 Å². The number of nitrogens with zero attached hydrogens (tertiary/aromatic N) is 3. The van der Waals surface area contributed by atoms with Crippen LogP contribution in [0, 0.1) is 17.0 Å². The fourth-order valence-electron chi connectivity index (χ4n) is 2.22. The molecule has 0 unspecified atom stereocenters. The number of nitrogens with one attached hydrogen (secondary N) is 1. The summed E-state index contributed by atoms with van der Waals surface area (Å²) < 4.78 is 0. The molecule has 0 saturated carbocycles. The van der Waals surface area contributed by atoms with Crippen LogP contribution >= 0.6 is 23.5 Å². The summed E-state index contributed by atoms with van der Waals surface area (Å²) in [5.74, 6) is -0.608. The number of hydrogen-bond donors (Lipinski definition) is 2. The average molecular weight is 414 g/mol. The third-order valence-corrected chi connectivity index (χ3v) is 5.39. The van der Waals surface area contributed by atoms with E-state index in [9.17, 15) is 20.0 Å². The highest BCUT2D eigenvalue weighted by Crippen LogP contribution is 2.36. The van der Waals surface area contributed by atoms with E-state index in [0.29, 0.717) is 16.3 Å². The lowest BCUT2D eigenvalue weighted by atomic mass is 10.2. The zero-order valence-corrected chi connectivity index (χ0v) is 16.2. The Bertz CT molecular complexity index is 1050.